The molecule has 0 fully saturated rings. The fraction of sp³-hybridized carbons (Fsp3) is 0.500. The highest BCUT2D eigenvalue weighted by Gasteiger charge is 2.11. The highest BCUT2D eigenvalue weighted by molar-refractivity contribution is 6.30. The topological polar surface area (TPSA) is 35.2 Å². The number of hydrogen-bond acceptors (Lipinski definition) is 2. The van der Waals surface area contributed by atoms with E-state index in [9.17, 15) is 4.39 Å². The van der Waals surface area contributed by atoms with E-state index in [1.54, 1.807) is 0 Å². The van der Waals surface area contributed by atoms with Crippen molar-refractivity contribution >= 4 is 11.6 Å². The molecule has 16 heavy (non-hydrogen) atoms. The van der Waals surface area contributed by atoms with Crippen LogP contribution in [0.15, 0.2) is 12.1 Å². The first-order valence-electron chi connectivity index (χ1n) is 5.41. The summed E-state index contributed by atoms with van der Waals surface area (Å²) in [7, 11) is 0. The minimum atomic E-state index is -0.429. The molecular weight excluding hydrogens is 229 g/mol. The van der Waals surface area contributed by atoms with Gasteiger partial charge in [0.1, 0.15) is 11.6 Å². The Balaban J connectivity index is 2.96. The second-order valence-corrected chi connectivity index (χ2v) is 4.31. The van der Waals surface area contributed by atoms with Crippen LogP contribution in [0.5, 0.6) is 5.75 Å². The predicted molar refractivity (Wildman–Crippen MR) is 64.5 cm³/mol. The highest BCUT2D eigenvalue weighted by Crippen LogP contribution is 2.27. The Morgan fingerprint density at radius 2 is 2.19 bits per heavy atom. The third kappa shape index (κ3) is 3.65. The Morgan fingerprint density at radius 3 is 2.75 bits per heavy atom. The van der Waals surface area contributed by atoms with Crippen molar-refractivity contribution in [3.8, 4) is 5.75 Å². The Labute approximate surface area is 101 Å². The van der Waals surface area contributed by atoms with Gasteiger partial charge < -0.3 is 10.5 Å². The summed E-state index contributed by atoms with van der Waals surface area (Å²) in [6.07, 6.45) is 1.47. The number of benzene rings is 1. The van der Waals surface area contributed by atoms with E-state index in [-0.39, 0.29) is 11.1 Å². The molecule has 1 rings (SSSR count). The molecule has 0 aliphatic rings. The van der Waals surface area contributed by atoms with Crippen molar-refractivity contribution in [2.45, 2.75) is 32.7 Å². The van der Waals surface area contributed by atoms with Crippen LogP contribution in [0.2, 0.25) is 5.02 Å². The maximum atomic E-state index is 13.3. The van der Waals surface area contributed by atoms with Gasteiger partial charge in [-0.15, -0.1) is 0 Å². The summed E-state index contributed by atoms with van der Waals surface area (Å²) >= 11 is 5.72. The van der Waals surface area contributed by atoms with Crippen molar-refractivity contribution in [3.05, 3.63) is 28.5 Å². The molecule has 0 saturated carbocycles. The number of halogens is 2. The summed E-state index contributed by atoms with van der Waals surface area (Å²) in [5.74, 6) is 0.201. The minimum Gasteiger partial charge on any atom is -0.493 e. The van der Waals surface area contributed by atoms with E-state index in [4.69, 9.17) is 22.1 Å². The zero-order chi connectivity index (χ0) is 12.1. The first kappa shape index (κ1) is 13.3. The number of ether oxygens (including phenoxy) is 1. The normalized spacial score (nSPS) is 12.6. The molecule has 0 radical (unpaired) electrons. The van der Waals surface area contributed by atoms with Crippen molar-refractivity contribution in [3.63, 3.8) is 0 Å². The molecule has 1 atom stereocenters. The van der Waals surface area contributed by atoms with Gasteiger partial charge in [0, 0.05) is 12.1 Å². The largest absolute Gasteiger partial charge is 0.493 e. The Bertz CT molecular complexity index is 355. The van der Waals surface area contributed by atoms with Gasteiger partial charge in [-0.3, -0.25) is 0 Å². The zero-order valence-electron chi connectivity index (χ0n) is 9.59. The van der Waals surface area contributed by atoms with Gasteiger partial charge >= 0.3 is 0 Å². The summed E-state index contributed by atoms with van der Waals surface area (Å²) in [5.41, 5.74) is 6.47. The molecule has 1 aromatic rings. The first-order chi connectivity index (χ1) is 7.54. The van der Waals surface area contributed by atoms with Gasteiger partial charge in [-0.05, 0) is 31.4 Å². The molecule has 0 aliphatic heterocycles. The molecule has 0 heterocycles. The molecule has 0 aromatic heterocycles. The van der Waals surface area contributed by atoms with Crippen LogP contribution in [0.1, 0.15) is 25.8 Å². The smallest absolute Gasteiger partial charge is 0.142 e. The van der Waals surface area contributed by atoms with Crippen LogP contribution in [0.4, 0.5) is 4.39 Å². The van der Waals surface area contributed by atoms with Gasteiger partial charge in [-0.2, -0.15) is 0 Å². The highest BCUT2D eigenvalue weighted by atomic mass is 35.5. The summed E-state index contributed by atoms with van der Waals surface area (Å²) in [4.78, 5) is 0. The lowest BCUT2D eigenvalue weighted by Crippen LogP contribution is -2.18. The standard InChI is InChI=1S/C12H17ClFNO/c1-3-4-16-12-7-10(13)11(14)6-9(12)5-8(2)15/h6-8H,3-5,15H2,1-2H3. The van der Waals surface area contributed by atoms with E-state index in [0.717, 1.165) is 12.0 Å². The molecule has 4 heteroatoms. The summed E-state index contributed by atoms with van der Waals surface area (Å²) in [5, 5.41) is 0.0829. The van der Waals surface area contributed by atoms with Crippen LogP contribution < -0.4 is 10.5 Å². The van der Waals surface area contributed by atoms with Gasteiger partial charge in [-0.1, -0.05) is 18.5 Å². The van der Waals surface area contributed by atoms with Gasteiger partial charge in [0.05, 0.1) is 11.6 Å². The number of rotatable bonds is 5. The van der Waals surface area contributed by atoms with Gasteiger partial charge in [0.15, 0.2) is 0 Å². The molecule has 1 aromatic carbocycles. The summed E-state index contributed by atoms with van der Waals surface area (Å²) in [6.45, 7) is 4.47. The van der Waals surface area contributed by atoms with Crippen molar-refractivity contribution in [2.24, 2.45) is 5.73 Å². The third-order valence-corrected chi connectivity index (χ3v) is 2.40. The average Bonchev–Trinajstić information content (AvgIpc) is 2.20. The lowest BCUT2D eigenvalue weighted by molar-refractivity contribution is 0.313. The molecule has 0 aliphatic carbocycles. The van der Waals surface area contributed by atoms with Crippen molar-refractivity contribution in [1.29, 1.82) is 0 Å². The van der Waals surface area contributed by atoms with E-state index in [1.165, 1.54) is 12.1 Å². The van der Waals surface area contributed by atoms with Crippen LogP contribution in [0.3, 0.4) is 0 Å². The van der Waals surface area contributed by atoms with E-state index in [1.807, 2.05) is 13.8 Å². The summed E-state index contributed by atoms with van der Waals surface area (Å²) in [6, 6.07) is 2.88. The zero-order valence-corrected chi connectivity index (χ0v) is 10.4. The Morgan fingerprint density at radius 1 is 1.50 bits per heavy atom. The molecule has 2 N–H and O–H groups in total. The number of nitrogens with two attached hydrogens (primary N) is 1. The molecule has 0 amide bonds. The quantitative estimate of drug-likeness (QED) is 0.865. The van der Waals surface area contributed by atoms with Crippen LogP contribution in [-0.4, -0.2) is 12.6 Å². The van der Waals surface area contributed by atoms with Gasteiger partial charge in [0.2, 0.25) is 0 Å². The second-order valence-electron chi connectivity index (χ2n) is 3.90. The average molecular weight is 246 g/mol. The van der Waals surface area contributed by atoms with Crippen LogP contribution >= 0.6 is 11.6 Å². The lowest BCUT2D eigenvalue weighted by Gasteiger charge is -2.13. The van der Waals surface area contributed by atoms with Crippen LogP contribution in [-0.2, 0) is 6.42 Å². The molecule has 1 unspecified atom stereocenters. The maximum Gasteiger partial charge on any atom is 0.142 e. The van der Waals surface area contributed by atoms with Crippen LogP contribution in [0, 0.1) is 5.82 Å². The monoisotopic (exact) mass is 245 g/mol. The van der Waals surface area contributed by atoms with E-state index in [2.05, 4.69) is 0 Å². The van der Waals surface area contributed by atoms with Crippen molar-refractivity contribution < 1.29 is 9.13 Å². The minimum absolute atomic E-state index is 0.0375. The van der Waals surface area contributed by atoms with Crippen molar-refractivity contribution in [1.82, 2.24) is 0 Å². The van der Waals surface area contributed by atoms with E-state index >= 15 is 0 Å². The molecule has 0 bridgehead atoms. The SMILES string of the molecule is CCCOc1cc(Cl)c(F)cc1CC(C)N. The number of hydrogen-bond donors (Lipinski definition) is 1. The fourth-order valence-corrected chi connectivity index (χ4v) is 1.58. The molecule has 90 valence electrons. The third-order valence-electron chi connectivity index (χ3n) is 2.11. The molecule has 0 spiro atoms. The molecular formula is C12H17ClFNO. The maximum absolute atomic E-state index is 13.3. The summed E-state index contributed by atoms with van der Waals surface area (Å²) < 4.78 is 18.8. The van der Waals surface area contributed by atoms with E-state index < -0.39 is 5.82 Å². The molecule has 0 saturated heterocycles. The fourth-order valence-electron chi connectivity index (χ4n) is 1.42. The molecule has 2 nitrogen and oxygen atoms in total. The van der Waals surface area contributed by atoms with Gasteiger partial charge in [-0.25, -0.2) is 4.39 Å². The first-order valence-corrected chi connectivity index (χ1v) is 5.78. The predicted octanol–water partition coefficient (Wildman–Crippen LogP) is 3.16. The Kier molecular flexibility index (Phi) is 5.03. The van der Waals surface area contributed by atoms with E-state index in [0.29, 0.717) is 18.8 Å². The van der Waals surface area contributed by atoms with Gasteiger partial charge in [0.25, 0.3) is 0 Å². The second kappa shape index (κ2) is 6.06. The van der Waals surface area contributed by atoms with Crippen LogP contribution in [0.25, 0.3) is 0 Å². The lowest BCUT2D eigenvalue weighted by atomic mass is 10.1. The van der Waals surface area contributed by atoms with Crippen molar-refractivity contribution in [2.75, 3.05) is 6.61 Å². The Hall–Kier alpha value is -0.800.